The molecular weight excluding hydrogens is 152 g/mol. The molecule has 0 N–H and O–H groups in total. The van der Waals surface area contributed by atoms with Crippen LogP contribution in [-0.2, 0) is 10.8 Å². The molecule has 1 nitrogen and oxygen atoms in total. The van der Waals surface area contributed by atoms with Crippen LogP contribution in [0.15, 0.2) is 24.1 Å². The molecule has 0 amide bonds. The van der Waals surface area contributed by atoms with Crippen LogP contribution in [0, 0.1) is 0 Å². The molecule has 9 heavy (non-hydrogen) atoms. The van der Waals surface area contributed by atoms with Gasteiger partial charge in [0.05, 0.1) is 0 Å². The zero-order valence-corrected chi connectivity index (χ0v) is 6.83. The molecule has 52 valence electrons. The van der Waals surface area contributed by atoms with Crippen molar-refractivity contribution in [1.29, 1.82) is 0 Å². The Labute approximate surface area is 63.7 Å². The maximum Gasteiger partial charge on any atom is 0.0426 e. The molecule has 0 aliphatic rings. The highest BCUT2D eigenvalue weighted by Gasteiger charge is 1.89. The Balaban J connectivity index is 3.38. The van der Waals surface area contributed by atoms with E-state index in [4.69, 9.17) is 0 Å². The van der Waals surface area contributed by atoms with Crippen molar-refractivity contribution in [3.05, 3.63) is 24.1 Å². The van der Waals surface area contributed by atoms with Gasteiger partial charge in [0.1, 0.15) is 0 Å². The fourth-order valence-electron chi connectivity index (χ4n) is 0.350. The van der Waals surface area contributed by atoms with Crippen LogP contribution in [0.4, 0.5) is 0 Å². The van der Waals surface area contributed by atoms with Crippen LogP contribution in [0.2, 0.25) is 0 Å². The molecule has 0 saturated carbocycles. The quantitative estimate of drug-likeness (QED) is 0.488. The first-order chi connectivity index (χ1) is 4.31. The number of hydrogen-bond acceptors (Lipinski definition) is 2. The minimum atomic E-state index is -0.774. The lowest BCUT2D eigenvalue weighted by Crippen LogP contribution is -1.96. The van der Waals surface area contributed by atoms with Crippen LogP contribution in [-0.4, -0.2) is 15.7 Å². The zero-order chi connectivity index (χ0) is 7.11. The van der Waals surface area contributed by atoms with Crippen molar-refractivity contribution >= 4 is 23.4 Å². The molecule has 0 aliphatic heterocycles. The Kier molecular flexibility index (Phi) is 6.09. The van der Waals surface area contributed by atoms with E-state index in [-0.39, 0.29) is 0 Å². The maximum absolute atomic E-state index is 10.8. The van der Waals surface area contributed by atoms with Gasteiger partial charge in [-0.05, 0) is 5.41 Å². The van der Waals surface area contributed by atoms with Crippen LogP contribution < -0.4 is 0 Å². The summed E-state index contributed by atoms with van der Waals surface area (Å²) in [6.45, 7) is 3.47. The second-order valence-electron chi connectivity index (χ2n) is 1.45. The lowest BCUT2D eigenvalue weighted by atomic mass is 10.8. The van der Waals surface area contributed by atoms with Crippen molar-refractivity contribution in [1.82, 2.24) is 0 Å². The van der Waals surface area contributed by atoms with Gasteiger partial charge in [0.25, 0.3) is 0 Å². The summed E-state index contributed by atoms with van der Waals surface area (Å²) in [4.78, 5) is 0. The Morgan fingerprint density at radius 1 is 1.56 bits per heavy atom. The van der Waals surface area contributed by atoms with Crippen molar-refractivity contribution in [3.8, 4) is 0 Å². The van der Waals surface area contributed by atoms with Gasteiger partial charge in [0.2, 0.25) is 0 Å². The molecule has 0 radical (unpaired) electrons. The predicted octanol–water partition coefficient (Wildman–Crippen LogP) is 1.36. The van der Waals surface area contributed by atoms with E-state index in [0.29, 0.717) is 11.5 Å². The van der Waals surface area contributed by atoms with Crippen molar-refractivity contribution in [2.24, 2.45) is 0 Å². The SMILES string of the molecule is C=CC[S@@](=O)C/C=C/S. The number of thiol groups is 1. The predicted molar refractivity (Wildman–Crippen MR) is 46.2 cm³/mol. The highest BCUT2D eigenvalue weighted by molar-refractivity contribution is 7.85. The number of hydrogen-bond donors (Lipinski definition) is 1. The minimum absolute atomic E-state index is 0.568. The van der Waals surface area contributed by atoms with Gasteiger partial charge in [-0.3, -0.25) is 4.21 Å². The fourth-order valence-corrected chi connectivity index (χ4v) is 1.31. The monoisotopic (exact) mass is 162 g/mol. The van der Waals surface area contributed by atoms with Crippen LogP contribution >= 0.6 is 12.6 Å². The summed E-state index contributed by atoms with van der Waals surface area (Å²) in [5.41, 5.74) is 0. The van der Waals surface area contributed by atoms with E-state index in [1.807, 2.05) is 0 Å². The van der Waals surface area contributed by atoms with Gasteiger partial charge in [0, 0.05) is 22.3 Å². The van der Waals surface area contributed by atoms with Crippen molar-refractivity contribution < 1.29 is 4.21 Å². The highest BCUT2D eigenvalue weighted by atomic mass is 32.2. The van der Waals surface area contributed by atoms with Gasteiger partial charge in [-0.2, -0.15) is 12.6 Å². The van der Waals surface area contributed by atoms with Crippen LogP contribution in [0.25, 0.3) is 0 Å². The first kappa shape index (κ1) is 8.98. The van der Waals surface area contributed by atoms with Crippen molar-refractivity contribution in [2.75, 3.05) is 11.5 Å². The molecule has 0 unspecified atom stereocenters. The molecule has 0 saturated heterocycles. The topological polar surface area (TPSA) is 17.1 Å². The third-order valence-corrected chi connectivity index (χ3v) is 2.07. The Hall–Kier alpha value is -0.0200. The molecule has 3 heteroatoms. The first-order valence-electron chi connectivity index (χ1n) is 2.56. The summed E-state index contributed by atoms with van der Waals surface area (Å²) >= 11 is 3.82. The van der Waals surface area contributed by atoms with Gasteiger partial charge >= 0.3 is 0 Å². The normalized spacial score (nSPS) is 13.9. The molecule has 0 aromatic rings. The lowest BCUT2D eigenvalue weighted by Gasteiger charge is -1.88. The molecule has 0 bridgehead atoms. The molecule has 0 aliphatic carbocycles. The average molecular weight is 162 g/mol. The van der Waals surface area contributed by atoms with Gasteiger partial charge in [-0.25, -0.2) is 0 Å². The van der Waals surface area contributed by atoms with E-state index in [0.717, 1.165) is 0 Å². The van der Waals surface area contributed by atoms with Gasteiger partial charge in [-0.15, -0.1) is 6.58 Å². The summed E-state index contributed by atoms with van der Waals surface area (Å²) in [5.74, 6) is 1.15. The molecule has 1 atom stereocenters. The van der Waals surface area contributed by atoms with Crippen molar-refractivity contribution in [2.45, 2.75) is 0 Å². The molecular formula is C6H10OS2. The molecule has 0 fully saturated rings. The second kappa shape index (κ2) is 6.11. The fraction of sp³-hybridized carbons (Fsp3) is 0.333. The maximum atomic E-state index is 10.8. The molecule has 0 aromatic carbocycles. The van der Waals surface area contributed by atoms with E-state index in [9.17, 15) is 4.21 Å². The van der Waals surface area contributed by atoms with Gasteiger partial charge in [0.15, 0.2) is 0 Å². The lowest BCUT2D eigenvalue weighted by molar-refractivity contribution is 0.687. The Morgan fingerprint density at radius 3 is 2.67 bits per heavy atom. The van der Waals surface area contributed by atoms with Crippen LogP contribution in [0.5, 0.6) is 0 Å². The molecule has 0 heterocycles. The number of rotatable bonds is 4. The third-order valence-electron chi connectivity index (χ3n) is 0.691. The van der Waals surface area contributed by atoms with E-state index in [1.165, 1.54) is 0 Å². The second-order valence-corrected chi connectivity index (χ2v) is 3.29. The third kappa shape index (κ3) is 5.86. The van der Waals surface area contributed by atoms with E-state index < -0.39 is 10.8 Å². The minimum Gasteiger partial charge on any atom is -0.259 e. The summed E-state index contributed by atoms with van der Waals surface area (Å²) < 4.78 is 10.8. The largest absolute Gasteiger partial charge is 0.259 e. The zero-order valence-electron chi connectivity index (χ0n) is 5.12. The Morgan fingerprint density at radius 2 is 2.22 bits per heavy atom. The summed E-state index contributed by atoms with van der Waals surface area (Å²) in [7, 11) is -0.774. The molecule has 0 spiro atoms. The van der Waals surface area contributed by atoms with Crippen LogP contribution in [0.3, 0.4) is 0 Å². The standard InChI is InChI=1S/C6H10OS2/c1-2-5-9(7)6-3-4-8/h2-4,8H,1,5-6H2/b4-3+/t9-/m1/s1. The van der Waals surface area contributed by atoms with E-state index in [1.54, 1.807) is 17.6 Å². The molecule has 0 aromatic heterocycles. The summed E-state index contributed by atoms with van der Waals surface area (Å²) in [6.07, 6.45) is 3.42. The first-order valence-corrected chi connectivity index (χ1v) is 4.56. The van der Waals surface area contributed by atoms with Gasteiger partial charge in [-0.1, -0.05) is 12.2 Å². The average Bonchev–Trinajstić information content (AvgIpc) is 1.85. The summed E-state index contributed by atoms with van der Waals surface area (Å²) in [5, 5.41) is 1.60. The van der Waals surface area contributed by atoms with E-state index in [2.05, 4.69) is 19.2 Å². The van der Waals surface area contributed by atoms with E-state index >= 15 is 0 Å². The highest BCUT2D eigenvalue weighted by Crippen LogP contribution is 1.85. The van der Waals surface area contributed by atoms with Crippen LogP contribution in [0.1, 0.15) is 0 Å². The van der Waals surface area contributed by atoms with Crippen molar-refractivity contribution in [3.63, 3.8) is 0 Å². The van der Waals surface area contributed by atoms with Gasteiger partial charge < -0.3 is 0 Å². The summed E-state index contributed by atoms with van der Waals surface area (Å²) in [6, 6.07) is 0. The smallest absolute Gasteiger partial charge is 0.0426 e. The molecule has 0 rings (SSSR count). The Bertz CT molecular complexity index is 129.